The number of benzene rings is 3. The minimum absolute atomic E-state index is 0.00909. The van der Waals surface area contributed by atoms with Gasteiger partial charge < -0.3 is 14.6 Å². The van der Waals surface area contributed by atoms with E-state index in [0.717, 1.165) is 12.0 Å². The molecule has 1 aromatic heterocycles. The molecule has 5 rings (SSSR count). The first-order valence-electron chi connectivity index (χ1n) is 12.6. The summed E-state index contributed by atoms with van der Waals surface area (Å²) in [5.41, 5.74) is 2.60. The molecule has 2 heterocycles. The van der Waals surface area contributed by atoms with Gasteiger partial charge in [0.2, 0.25) is 5.78 Å². The van der Waals surface area contributed by atoms with Crippen molar-refractivity contribution < 1.29 is 24.2 Å². The highest BCUT2D eigenvalue weighted by Gasteiger charge is 2.45. The van der Waals surface area contributed by atoms with Gasteiger partial charge in [-0.2, -0.15) is 0 Å². The lowest BCUT2D eigenvalue weighted by Crippen LogP contribution is -2.31. The van der Waals surface area contributed by atoms with E-state index in [-0.39, 0.29) is 5.57 Å². The summed E-state index contributed by atoms with van der Waals surface area (Å²) in [4.78, 5) is 34.1. The Morgan fingerprint density at radius 2 is 1.77 bits per heavy atom. The van der Waals surface area contributed by atoms with E-state index in [1.54, 1.807) is 38.3 Å². The Morgan fingerprint density at radius 1 is 1.03 bits per heavy atom. The van der Waals surface area contributed by atoms with Gasteiger partial charge >= 0.3 is 0 Å². The molecular weight excluding hydrogens is 512 g/mol. The van der Waals surface area contributed by atoms with Crippen LogP contribution in [-0.2, 0) is 4.79 Å². The maximum atomic E-state index is 14.1. The zero-order valence-corrected chi connectivity index (χ0v) is 22.7. The van der Waals surface area contributed by atoms with Gasteiger partial charge in [0.25, 0.3) is 5.91 Å². The summed E-state index contributed by atoms with van der Waals surface area (Å²) in [6.07, 6.45) is 0.836. The van der Waals surface area contributed by atoms with Gasteiger partial charge in [-0.25, -0.2) is 4.98 Å². The molecule has 4 aromatic rings. The quantitative estimate of drug-likeness (QED) is 0.238. The van der Waals surface area contributed by atoms with Gasteiger partial charge in [-0.3, -0.25) is 14.5 Å². The lowest BCUT2D eigenvalue weighted by atomic mass is 9.94. The molecule has 0 radical (unpaired) electrons. The highest BCUT2D eigenvalue weighted by Crippen LogP contribution is 2.44. The lowest BCUT2D eigenvalue weighted by Gasteiger charge is -2.27. The third-order valence-corrected chi connectivity index (χ3v) is 7.68. The molecule has 0 fully saturated rings. The van der Waals surface area contributed by atoms with Crippen molar-refractivity contribution in [3.8, 4) is 22.1 Å². The number of nitrogens with zero attached hydrogens (tertiary/aromatic N) is 2. The van der Waals surface area contributed by atoms with E-state index in [4.69, 9.17) is 9.47 Å². The summed E-state index contributed by atoms with van der Waals surface area (Å²) in [6.45, 7) is 4.31. The van der Waals surface area contributed by atoms with Crippen LogP contribution >= 0.6 is 11.3 Å². The molecule has 39 heavy (non-hydrogen) atoms. The van der Waals surface area contributed by atoms with E-state index in [9.17, 15) is 14.7 Å². The van der Waals surface area contributed by atoms with Gasteiger partial charge in [0, 0.05) is 11.3 Å². The van der Waals surface area contributed by atoms with E-state index >= 15 is 0 Å². The zero-order valence-electron chi connectivity index (χ0n) is 21.9. The Morgan fingerprint density at radius 3 is 2.46 bits per heavy atom. The monoisotopic (exact) mass is 540 g/mol. The summed E-state index contributed by atoms with van der Waals surface area (Å²) in [7, 11) is 1.56. The first-order valence-corrected chi connectivity index (χ1v) is 13.5. The number of Topliss-reactive ketones (excluding diaryl/α,β-unsaturated/α-hetero) is 1. The Kier molecular flexibility index (Phi) is 7.47. The zero-order chi connectivity index (χ0) is 27.5. The molecular formula is C31H28N2O5S. The maximum Gasteiger partial charge on any atom is 0.294 e. The minimum Gasteiger partial charge on any atom is -0.503 e. The second-order valence-electron chi connectivity index (χ2n) is 9.09. The molecule has 8 heteroatoms. The van der Waals surface area contributed by atoms with Crippen molar-refractivity contribution in [1.82, 2.24) is 4.98 Å². The molecule has 0 saturated carbocycles. The van der Waals surface area contributed by atoms with Crippen molar-refractivity contribution >= 4 is 28.7 Å². The standard InChI is InChI=1S/C31H28N2O5S/c1-4-17-38-24-12-8-11-21(18-24)26-25(28(35)31(36)33(26)22-13-15-23(37-3)16-14-22)27(34)29-19(2)32-30(39-29)20-9-6-5-7-10-20/h5-16,18,26,35H,4,17H2,1-3H3. The highest BCUT2D eigenvalue weighted by atomic mass is 32.1. The Hall–Kier alpha value is -4.43. The van der Waals surface area contributed by atoms with E-state index in [1.807, 2.05) is 61.5 Å². The van der Waals surface area contributed by atoms with Crippen LogP contribution in [0.25, 0.3) is 10.6 Å². The SMILES string of the molecule is CCCOc1cccc(C2C(C(=O)c3sc(-c4ccccc4)nc3C)=C(O)C(=O)N2c2ccc(OC)cc2)c1. The number of ketones is 1. The topological polar surface area (TPSA) is 89.0 Å². The van der Waals surface area contributed by atoms with Crippen molar-refractivity contribution in [3.05, 3.63) is 106 Å². The van der Waals surface area contributed by atoms with Gasteiger partial charge in [-0.05, 0) is 55.3 Å². The number of anilines is 1. The van der Waals surface area contributed by atoms with Crippen molar-refractivity contribution in [2.75, 3.05) is 18.6 Å². The fourth-order valence-corrected chi connectivity index (χ4v) is 5.62. The van der Waals surface area contributed by atoms with Crippen molar-refractivity contribution in [1.29, 1.82) is 0 Å². The summed E-state index contributed by atoms with van der Waals surface area (Å²) >= 11 is 1.25. The molecule has 0 saturated heterocycles. The molecule has 1 unspecified atom stereocenters. The first-order chi connectivity index (χ1) is 18.9. The molecule has 1 atom stereocenters. The van der Waals surface area contributed by atoms with E-state index < -0.39 is 23.5 Å². The van der Waals surface area contributed by atoms with Gasteiger partial charge in [0.1, 0.15) is 16.5 Å². The van der Waals surface area contributed by atoms with Crippen LogP contribution in [0.1, 0.15) is 40.3 Å². The van der Waals surface area contributed by atoms with Gasteiger partial charge in [0.05, 0.1) is 35.9 Å². The minimum atomic E-state index is -0.870. The van der Waals surface area contributed by atoms with Gasteiger partial charge in [0.15, 0.2) is 5.76 Å². The fourth-order valence-electron chi connectivity index (χ4n) is 4.59. The predicted octanol–water partition coefficient (Wildman–Crippen LogP) is 6.70. The average Bonchev–Trinajstić information content (AvgIpc) is 3.49. The number of ether oxygens (including phenoxy) is 2. The smallest absolute Gasteiger partial charge is 0.294 e. The van der Waals surface area contributed by atoms with Crippen LogP contribution in [0.2, 0.25) is 0 Å². The number of carbonyl (C=O) groups is 2. The van der Waals surface area contributed by atoms with Crippen LogP contribution in [0.5, 0.6) is 11.5 Å². The summed E-state index contributed by atoms with van der Waals surface area (Å²) in [6, 6.07) is 22.9. The average molecular weight is 541 g/mol. The number of methoxy groups -OCH3 is 1. The summed E-state index contributed by atoms with van der Waals surface area (Å²) < 4.78 is 11.1. The first kappa shape index (κ1) is 26.2. The lowest BCUT2D eigenvalue weighted by molar-refractivity contribution is -0.117. The number of aliphatic hydroxyl groups is 1. The van der Waals surface area contributed by atoms with Crippen molar-refractivity contribution in [2.24, 2.45) is 0 Å². The van der Waals surface area contributed by atoms with Crippen LogP contribution in [0.3, 0.4) is 0 Å². The van der Waals surface area contributed by atoms with Crippen LogP contribution in [0.15, 0.2) is 90.2 Å². The molecule has 0 aliphatic carbocycles. The molecule has 1 N–H and O–H groups in total. The molecule has 198 valence electrons. The number of aryl methyl sites for hydroxylation is 1. The van der Waals surface area contributed by atoms with Gasteiger partial charge in [-0.15, -0.1) is 11.3 Å². The number of rotatable bonds is 9. The molecule has 7 nitrogen and oxygen atoms in total. The molecule has 1 aliphatic rings. The predicted molar refractivity (Wildman–Crippen MR) is 152 cm³/mol. The third kappa shape index (κ3) is 5.03. The number of carbonyl (C=O) groups excluding carboxylic acids is 2. The number of aliphatic hydroxyl groups excluding tert-OH is 1. The van der Waals surface area contributed by atoms with Crippen LogP contribution < -0.4 is 14.4 Å². The summed E-state index contributed by atoms with van der Waals surface area (Å²) in [5.74, 6) is -0.415. The molecule has 0 bridgehead atoms. The normalized spacial score (nSPS) is 15.1. The maximum absolute atomic E-state index is 14.1. The Labute approximate surface area is 231 Å². The fraction of sp³-hybridized carbons (Fsp3) is 0.194. The van der Waals surface area contributed by atoms with Crippen LogP contribution in [-0.4, -0.2) is 35.5 Å². The Bertz CT molecular complexity index is 1540. The van der Waals surface area contributed by atoms with Crippen LogP contribution in [0.4, 0.5) is 5.69 Å². The number of aromatic nitrogens is 1. The number of amides is 1. The second-order valence-corrected chi connectivity index (χ2v) is 10.1. The van der Waals surface area contributed by atoms with Crippen molar-refractivity contribution in [2.45, 2.75) is 26.3 Å². The third-order valence-electron chi connectivity index (χ3n) is 6.47. The molecule has 1 aliphatic heterocycles. The van der Waals surface area contributed by atoms with E-state index in [2.05, 4.69) is 4.98 Å². The van der Waals surface area contributed by atoms with E-state index in [0.29, 0.717) is 44.9 Å². The van der Waals surface area contributed by atoms with Crippen molar-refractivity contribution in [3.63, 3.8) is 0 Å². The number of hydrogen-bond donors (Lipinski definition) is 1. The summed E-state index contributed by atoms with van der Waals surface area (Å²) in [5, 5.41) is 11.9. The second kappa shape index (κ2) is 11.1. The van der Waals surface area contributed by atoms with E-state index in [1.165, 1.54) is 16.2 Å². The number of hydrogen-bond acceptors (Lipinski definition) is 7. The largest absolute Gasteiger partial charge is 0.503 e. The molecule has 1 amide bonds. The highest BCUT2D eigenvalue weighted by molar-refractivity contribution is 7.17. The van der Waals surface area contributed by atoms with Gasteiger partial charge in [-0.1, -0.05) is 49.4 Å². The van der Waals surface area contributed by atoms with Crippen LogP contribution in [0, 0.1) is 6.92 Å². The number of thiazole rings is 1. The Balaban J connectivity index is 1.61. The molecule has 3 aromatic carbocycles. The molecule has 0 spiro atoms.